The monoisotopic (exact) mass is 388 g/mol. The number of nitrogens with zero attached hydrogens (tertiary/aromatic N) is 1. The molecule has 0 unspecified atom stereocenters. The van der Waals surface area contributed by atoms with Crippen LogP contribution in [0.4, 0.5) is 4.79 Å². The fourth-order valence-corrected chi connectivity index (χ4v) is 2.59. The van der Waals surface area contributed by atoms with Crippen molar-refractivity contribution < 1.29 is 24.2 Å². The number of amides is 3. The summed E-state index contributed by atoms with van der Waals surface area (Å²) in [6.07, 6.45) is 1.27. The Hall–Kier alpha value is -2.06. The summed E-state index contributed by atoms with van der Waals surface area (Å²) in [7, 11) is 1.15. The Kier molecular flexibility index (Phi) is 4.72. The highest BCUT2D eigenvalue weighted by Crippen LogP contribution is 2.33. The molecule has 0 atom stereocenters. The first-order valence-electron chi connectivity index (χ1n) is 5.93. The van der Waals surface area contributed by atoms with E-state index in [2.05, 4.69) is 26.0 Å². The first-order valence-corrected chi connectivity index (χ1v) is 7.10. The fraction of sp³-hybridized carbons (Fsp3) is 0.154. The molecule has 1 aromatic carbocycles. The van der Waals surface area contributed by atoms with E-state index in [4.69, 9.17) is 11.6 Å². The molecule has 1 fully saturated rings. The number of rotatable bonds is 3. The van der Waals surface area contributed by atoms with Crippen LogP contribution >= 0.6 is 27.5 Å². The van der Waals surface area contributed by atoms with Gasteiger partial charge in [-0.2, -0.15) is 0 Å². The molecule has 1 aliphatic rings. The van der Waals surface area contributed by atoms with Crippen LogP contribution in [-0.4, -0.2) is 41.6 Å². The molecule has 0 aromatic heterocycles. The van der Waals surface area contributed by atoms with E-state index in [1.807, 2.05) is 0 Å². The van der Waals surface area contributed by atoms with Crippen molar-refractivity contribution in [2.24, 2.45) is 0 Å². The van der Waals surface area contributed by atoms with Crippen molar-refractivity contribution in [1.82, 2.24) is 10.2 Å². The second kappa shape index (κ2) is 6.37. The van der Waals surface area contributed by atoms with Crippen LogP contribution in [0.2, 0.25) is 5.02 Å². The summed E-state index contributed by atoms with van der Waals surface area (Å²) in [5, 5.41) is 12.3. The molecule has 1 heterocycles. The van der Waals surface area contributed by atoms with Crippen molar-refractivity contribution in [3.05, 3.63) is 32.9 Å². The van der Waals surface area contributed by atoms with Gasteiger partial charge in [0, 0.05) is 10.0 Å². The molecule has 1 aliphatic heterocycles. The van der Waals surface area contributed by atoms with Crippen LogP contribution in [0.5, 0.6) is 5.75 Å². The predicted molar refractivity (Wildman–Crippen MR) is 81.1 cm³/mol. The molecule has 22 heavy (non-hydrogen) atoms. The van der Waals surface area contributed by atoms with Gasteiger partial charge in [-0.3, -0.25) is 9.59 Å². The first-order chi connectivity index (χ1) is 10.3. The number of carbonyl (C=O) groups is 3. The van der Waals surface area contributed by atoms with Crippen LogP contribution in [0.25, 0.3) is 6.08 Å². The number of benzene rings is 1. The van der Waals surface area contributed by atoms with Gasteiger partial charge in [0.25, 0.3) is 5.91 Å². The molecule has 0 saturated carbocycles. The minimum atomic E-state index is -0.748. The van der Waals surface area contributed by atoms with Gasteiger partial charge >= 0.3 is 12.0 Å². The maximum Gasteiger partial charge on any atom is 0.329 e. The Balaban J connectivity index is 2.33. The largest absolute Gasteiger partial charge is 0.506 e. The number of esters is 1. The second-order valence-electron chi connectivity index (χ2n) is 4.28. The number of halogens is 2. The molecule has 116 valence electrons. The van der Waals surface area contributed by atoms with Crippen molar-refractivity contribution in [3.8, 4) is 5.75 Å². The lowest BCUT2D eigenvalue weighted by Crippen LogP contribution is -2.36. The zero-order chi connectivity index (χ0) is 16.4. The van der Waals surface area contributed by atoms with E-state index in [9.17, 15) is 19.5 Å². The lowest BCUT2D eigenvalue weighted by molar-refractivity contribution is -0.143. The Morgan fingerprint density at radius 1 is 1.50 bits per heavy atom. The summed E-state index contributed by atoms with van der Waals surface area (Å²) in [6, 6.07) is 2.26. The molecular weight excluding hydrogens is 380 g/mol. The number of carbonyl (C=O) groups excluding carboxylic acids is 3. The van der Waals surface area contributed by atoms with Gasteiger partial charge in [0.15, 0.2) is 0 Å². The summed E-state index contributed by atoms with van der Waals surface area (Å²) < 4.78 is 5.01. The third-order valence-corrected chi connectivity index (χ3v) is 3.58. The average molecular weight is 390 g/mol. The number of hydrogen-bond acceptors (Lipinski definition) is 5. The molecule has 0 spiro atoms. The summed E-state index contributed by atoms with van der Waals surface area (Å²) >= 11 is 9.04. The van der Waals surface area contributed by atoms with Gasteiger partial charge in [0.1, 0.15) is 18.0 Å². The van der Waals surface area contributed by atoms with Crippen molar-refractivity contribution in [1.29, 1.82) is 0 Å². The van der Waals surface area contributed by atoms with E-state index in [-0.39, 0.29) is 22.0 Å². The molecular formula is C13H10BrClN2O5. The molecule has 1 aromatic rings. The lowest BCUT2D eigenvalue weighted by Gasteiger charge is -2.09. The van der Waals surface area contributed by atoms with Gasteiger partial charge in [-0.05, 0) is 18.2 Å². The van der Waals surface area contributed by atoms with Gasteiger partial charge in [-0.25, -0.2) is 9.69 Å². The predicted octanol–water partition coefficient (Wildman–Crippen LogP) is 1.87. The van der Waals surface area contributed by atoms with Crippen LogP contribution in [0.1, 0.15) is 5.56 Å². The fourth-order valence-electron chi connectivity index (χ4n) is 1.76. The minimum absolute atomic E-state index is 0.0848. The van der Waals surface area contributed by atoms with E-state index in [0.717, 1.165) is 7.11 Å². The van der Waals surface area contributed by atoms with Gasteiger partial charge in [-0.1, -0.05) is 27.5 Å². The van der Waals surface area contributed by atoms with E-state index in [1.54, 1.807) is 0 Å². The smallest absolute Gasteiger partial charge is 0.329 e. The Morgan fingerprint density at radius 3 is 2.82 bits per heavy atom. The lowest BCUT2D eigenvalue weighted by atomic mass is 10.1. The van der Waals surface area contributed by atoms with Gasteiger partial charge in [-0.15, -0.1) is 0 Å². The summed E-state index contributed by atoms with van der Waals surface area (Å²) in [6.45, 7) is -0.496. The number of nitrogens with one attached hydrogen (secondary N) is 1. The van der Waals surface area contributed by atoms with Crippen molar-refractivity contribution in [3.63, 3.8) is 0 Å². The van der Waals surface area contributed by atoms with Crippen molar-refractivity contribution in [2.75, 3.05) is 13.7 Å². The standard InChI is InChI=1S/C13H10BrClN2O5/c1-22-10(18)5-17-12(20)9(16-13(17)21)3-6-2-7(14)4-8(15)11(6)19/h2-4,19H,5H2,1H3,(H,16,21)/b9-3-. The first kappa shape index (κ1) is 16.3. The number of aromatic hydroxyl groups is 1. The Labute approximate surface area is 138 Å². The Morgan fingerprint density at radius 2 is 2.18 bits per heavy atom. The summed E-state index contributed by atoms with van der Waals surface area (Å²) in [5.41, 5.74) is 0.154. The highest BCUT2D eigenvalue weighted by Gasteiger charge is 2.35. The number of phenols is 1. The van der Waals surface area contributed by atoms with Crippen LogP contribution in [0, 0.1) is 0 Å². The topological polar surface area (TPSA) is 95.9 Å². The number of imide groups is 1. The number of urea groups is 1. The van der Waals surface area contributed by atoms with E-state index in [0.29, 0.717) is 9.37 Å². The van der Waals surface area contributed by atoms with Crippen LogP contribution < -0.4 is 5.32 Å². The highest BCUT2D eigenvalue weighted by atomic mass is 79.9. The minimum Gasteiger partial charge on any atom is -0.506 e. The van der Waals surface area contributed by atoms with Gasteiger partial charge in [0.2, 0.25) is 0 Å². The van der Waals surface area contributed by atoms with Gasteiger partial charge < -0.3 is 15.2 Å². The molecule has 0 bridgehead atoms. The maximum absolute atomic E-state index is 12.1. The van der Waals surface area contributed by atoms with Crippen molar-refractivity contribution >= 4 is 51.5 Å². The van der Waals surface area contributed by atoms with Crippen molar-refractivity contribution in [2.45, 2.75) is 0 Å². The third kappa shape index (κ3) is 3.23. The van der Waals surface area contributed by atoms with E-state index >= 15 is 0 Å². The molecule has 1 saturated heterocycles. The van der Waals surface area contributed by atoms with E-state index in [1.165, 1.54) is 18.2 Å². The quantitative estimate of drug-likeness (QED) is 0.467. The molecule has 3 amide bonds. The highest BCUT2D eigenvalue weighted by molar-refractivity contribution is 9.10. The molecule has 0 aliphatic carbocycles. The SMILES string of the molecule is COC(=O)CN1C(=O)N/C(=C\c2cc(Br)cc(Cl)c2O)C1=O. The zero-order valence-corrected chi connectivity index (χ0v) is 13.6. The molecule has 2 rings (SSSR count). The van der Waals surface area contributed by atoms with Crippen LogP contribution in [0.3, 0.4) is 0 Å². The third-order valence-electron chi connectivity index (χ3n) is 2.83. The van der Waals surface area contributed by atoms with Gasteiger partial charge in [0.05, 0.1) is 12.1 Å². The summed E-state index contributed by atoms with van der Waals surface area (Å²) in [4.78, 5) is 35.7. The maximum atomic E-state index is 12.1. The zero-order valence-electron chi connectivity index (χ0n) is 11.2. The second-order valence-corrected chi connectivity index (χ2v) is 5.60. The molecule has 9 heteroatoms. The normalized spacial score (nSPS) is 16.1. The number of hydrogen-bond donors (Lipinski definition) is 2. The molecule has 2 N–H and O–H groups in total. The van der Waals surface area contributed by atoms with Crippen LogP contribution in [0.15, 0.2) is 22.3 Å². The summed E-state index contributed by atoms with van der Waals surface area (Å²) in [5.74, 6) is -1.66. The number of ether oxygens (including phenoxy) is 1. The van der Waals surface area contributed by atoms with Crippen LogP contribution in [-0.2, 0) is 14.3 Å². The molecule has 7 nitrogen and oxygen atoms in total. The Bertz CT molecular complexity index is 704. The number of phenolic OH excluding ortho intramolecular Hbond substituents is 1. The number of methoxy groups -OCH3 is 1. The van der Waals surface area contributed by atoms with E-state index < -0.39 is 24.5 Å². The molecule has 0 radical (unpaired) electrons. The average Bonchev–Trinajstić information content (AvgIpc) is 2.71.